The number of carbonyl (C=O) groups excluding carboxylic acids is 1. The monoisotopic (exact) mass is 454 g/mol. The minimum atomic E-state index is -0.485. The molecular weight excluding hydrogens is 439 g/mol. The third kappa shape index (κ3) is 4.54. The van der Waals surface area contributed by atoms with E-state index in [4.69, 9.17) is 27.9 Å². The van der Waals surface area contributed by atoms with Crippen molar-refractivity contribution < 1.29 is 9.53 Å². The van der Waals surface area contributed by atoms with Crippen LogP contribution >= 0.6 is 35.0 Å². The molecule has 0 amide bonds. The van der Waals surface area contributed by atoms with Crippen LogP contribution in [-0.2, 0) is 0 Å². The van der Waals surface area contributed by atoms with E-state index in [1.54, 1.807) is 28.9 Å². The molecule has 30 heavy (non-hydrogen) atoms. The van der Waals surface area contributed by atoms with Gasteiger partial charge in [-0.1, -0.05) is 53.2 Å². The fourth-order valence-corrected chi connectivity index (χ4v) is 3.96. The molecule has 1 heterocycles. The second-order valence-electron chi connectivity index (χ2n) is 6.42. The lowest BCUT2D eigenvalue weighted by Gasteiger charge is -2.10. The Kier molecular flexibility index (Phi) is 6.13. The highest BCUT2D eigenvalue weighted by atomic mass is 35.5. The van der Waals surface area contributed by atoms with E-state index >= 15 is 0 Å². The van der Waals surface area contributed by atoms with Gasteiger partial charge in [0.25, 0.3) is 0 Å². The first-order valence-electron chi connectivity index (χ1n) is 9.07. The first kappa shape index (κ1) is 20.5. The minimum absolute atomic E-state index is 0.360. The second-order valence-corrected chi connectivity index (χ2v) is 8.38. The molecule has 0 unspecified atom stereocenters. The molecule has 0 atom stereocenters. The average Bonchev–Trinajstić information content (AvgIpc) is 3.06. The molecule has 0 bridgehead atoms. The van der Waals surface area contributed by atoms with E-state index in [9.17, 15) is 4.79 Å². The van der Waals surface area contributed by atoms with Crippen LogP contribution in [0.2, 0.25) is 10.0 Å². The third-order valence-corrected chi connectivity index (χ3v) is 5.95. The summed E-state index contributed by atoms with van der Waals surface area (Å²) in [4.78, 5) is 14.5. The zero-order valence-corrected chi connectivity index (χ0v) is 18.2. The van der Waals surface area contributed by atoms with Crippen LogP contribution in [0.1, 0.15) is 16.1 Å². The molecule has 1 aromatic heterocycles. The molecule has 0 aliphatic heterocycles. The van der Waals surface area contributed by atoms with E-state index in [0.29, 0.717) is 21.5 Å². The van der Waals surface area contributed by atoms with Crippen LogP contribution in [0.4, 0.5) is 0 Å². The van der Waals surface area contributed by atoms with Crippen molar-refractivity contribution in [1.82, 2.24) is 9.78 Å². The number of carbonyl (C=O) groups is 1. The van der Waals surface area contributed by atoms with Crippen molar-refractivity contribution in [2.24, 2.45) is 0 Å². The van der Waals surface area contributed by atoms with Gasteiger partial charge in [-0.25, -0.2) is 4.79 Å². The maximum Gasteiger partial charge on any atom is 0.344 e. The lowest BCUT2D eigenvalue weighted by atomic mass is 10.2. The van der Waals surface area contributed by atoms with Crippen molar-refractivity contribution in [3.05, 3.63) is 100 Å². The number of para-hydroxylation sites is 1. The van der Waals surface area contributed by atoms with Crippen molar-refractivity contribution in [2.75, 3.05) is 0 Å². The smallest absolute Gasteiger partial charge is 0.344 e. The SMILES string of the molecule is Cc1nn(-c2ccccc2)c(OC(=O)c2ccc(Cl)cc2)c1Sc1ccc(Cl)cc1. The quantitative estimate of drug-likeness (QED) is 0.309. The predicted molar refractivity (Wildman–Crippen MR) is 120 cm³/mol. The summed E-state index contributed by atoms with van der Waals surface area (Å²) in [6, 6.07) is 23.6. The topological polar surface area (TPSA) is 44.1 Å². The largest absolute Gasteiger partial charge is 0.402 e. The normalized spacial score (nSPS) is 10.8. The Morgan fingerprint density at radius 3 is 2.13 bits per heavy atom. The second kappa shape index (κ2) is 8.96. The first-order valence-corrected chi connectivity index (χ1v) is 10.6. The van der Waals surface area contributed by atoms with Gasteiger partial charge in [0, 0.05) is 14.9 Å². The molecule has 7 heteroatoms. The van der Waals surface area contributed by atoms with Crippen LogP contribution in [-0.4, -0.2) is 15.7 Å². The molecule has 4 aromatic rings. The fourth-order valence-electron chi connectivity index (χ4n) is 2.80. The van der Waals surface area contributed by atoms with Gasteiger partial charge < -0.3 is 4.74 Å². The van der Waals surface area contributed by atoms with Crippen molar-refractivity contribution >= 4 is 40.9 Å². The number of aryl methyl sites for hydroxylation is 1. The van der Waals surface area contributed by atoms with Gasteiger partial charge in [-0.2, -0.15) is 9.78 Å². The molecule has 0 saturated heterocycles. The van der Waals surface area contributed by atoms with Gasteiger partial charge in [0.15, 0.2) is 0 Å². The molecule has 150 valence electrons. The van der Waals surface area contributed by atoms with Crippen LogP contribution in [0.15, 0.2) is 88.7 Å². The van der Waals surface area contributed by atoms with E-state index in [0.717, 1.165) is 21.2 Å². The van der Waals surface area contributed by atoms with Crippen LogP contribution in [0.5, 0.6) is 5.88 Å². The molecule has 3 aromatic carbocycles. The first-order chi connectivity index (χ1) is 14.5. The van der Waals surface area contributed by atoms with Gasteiger partial charge in [-0.3, -0.25) is 0 Å². The number of aromatic nitrogens is 2. The Bertz CT molecular complexity index is 1170. The average molecular weight is 455 g/mol. The maximum absolute atomic E-state index is 12.8. The number of benzene rings is 3. The summed E-state index contributed by atoms with van der Waals surface area (Å²) in [5, 5.41) is 5.84. The zero-order valence-electron chi connectivity index (χ0n) is 15.9. The minimum Gasteiger partial charge on any atom is -0.402 e. The van der Waals surface area contributed by atoms with E-state index in [-0.39, 0.29) is 0 Å². The van der Waals surface area contributed by atoms with Gasteiger partial charge in [-0.15, -0.1) is 0 Å². The predicted octanol–water partition coefficient (Wildman–Crippen LogP) is 6.86. The Hall–Kier alpha value is -2.73. The number of ether oxygens (including phenoxy) is 1. The summed E-state index contributed by atoms with van der Waals surface area (Å²) in [6.07, 6.45) is 0. The van der Waals surface area contributed by atoms with Crippen LogP contribution in [0.25, 0.3) is 5.69 Å². The van der Waals surface area contributed by atoms with Crippen LogP contribution < -0.4 is 4.74 Å². The van der Waals surface area contributed by atoms with Gasteiger partial charge in [0.05, 0.1) is 21.8 Å². The molecular formula is C23H16Cl2N2O2S. The standard InChI is InChI=1S/C23H16Cl2N2O2S/c1-15-21(30-20-13-11-18(25)12-14-20)22(27(26-15)19-5-3-2-4-6-19)29-23(28)16-7-9-17(24)10-8-16/h2-14H,1H3. The van der Waals surface area contributed by atoms with Crippen LogP contribution in [0.3, 0.4) is 0 Å². The Morgan fingerprint density at radius 1 is 0.900 bits per heavy atom. The Morgan fingerprint density at radius 2 is 1.50 bits per heavy atom. The van der Waals surface area contributed by atoms with Crippen molar-refractivity contribution in [3.8, 4) is 11.6 Å². The lowest BCUT2D eigenvalue weighted by molar-refractivity contribution is 0.0718. The number of halogens is 2. The molecule has 4 rings (SSSR count). The third-order valence-electron chi connectivity index (χ3n) is 4.27. The maximum atomic E-state index is 12.8. The number of esters is 1. The number of rotatable bonds is 5. The van der Waals surface area contributed by atoms with Gasteiger partial charge in [-0.05, 0) is 67.6 Å². The van der Waals surface area contributed by atoms with Crippen molar-refractivity contribution in [1.29, 1.82) is 0 Å². The molecule has 0 aliphatic carbocycles. The van der Waals surface area contributed by atoms with Gasteiger partial charge in [0.1, 0.15) is 0 Å². The summed E-state index contributed by atoms with van der Waals surface area (Å²) in [6.45, 7) is 1.89. The summed E-state index contributed by atoms with van der Waals surface area (Å²) >= 11 is 13.4. The molecule has 0 aliphatic rings. The summed E-state index contributed by atoms with van der Waals surface area (Å²) < 4.78 is 7.49. The zero-order chi connectivity index (χ0) is 21.1. The number of hydrogen-bond acceptors (Lipinski definition) is 4. The summed E-state index contributed by atoms with van der Waals surface area (Å²) in [5.41, 5.74) is 1.94. The highest BCUT2D eigenvalue weighted by Crippen LogP contribution is 2.39. The molecule has 4 nitrogen and oxygen atoms in total. The summed E-state index contributed by atoms with van der Waals surface area (Å²) in [5.74, 6) is -0.125. The van der Waals surface area contributed by atoms with Gasteiger partial charge in [0.2, 0.25) is 5.88 Å². The number of hydrogen-bond donors (Lipinski definition) is 0. The molecule has 0 fully saturated rings. The van der Waals surface area contributed by atoms with E-state index in [1.165, 1.54) is 11.8 Å². The lowest BCUT2D eigenvalue weighted by Crippen LogP contribution is -2.12. The van der Waals surface area contributed by atoms with Crippen LogP contribution in [0, 0.1) is 6.92 Å². The molecule has 0 radical (unpaired) electrons. The Labute approximate surface area is 188 Å². The van der Waals surface area contributed by atoms with Crippen molar-refractivity contribution in [3.63, 3.8) is 0 Å². The summed E-state index contributed by atoms with van der Waals surface area (Å²) in [7, 11) is 0. The molecule has 0 spiro atoms. The highest BCUT2D eigenvalue weighted by Gasteiger charge is 2.22. The Balaban J connectivity index is 1.75. The van der Waals surface area contributed by atoms with Gasteiger partial charge >= 0.3 is 5.97 Å². The molecule has 0 N–H and O–H groups in total. The van der Waals surface area contributed by atoms with E-state index in [1.807, 2.05) is 61.5 Å². The highest BCUT2D eigenvalue weighted by molar-refractivity contribution is 7.99. The number of nitrogens with zero attached hydrogens (tertiary/aromatic N) is 2. The fraction of sp³-hybridized carbons (Fsp3) is 0.0435. The molecule has 0 saturated carbocycles. The van der Waals surface area contributed by atoms with E-state index in [2.05, 4.69) is 5.10 Å². The van der Waals surface area contributed by atoms with E-state index < -0.39 is 5.97 Å². The van der Waals surface area contributed by atoms with Crippen molar-refractivity contribution in [2.45, 2.75) is 16.7 Å².